The highest BCUT2D eigenvalue weighted by atomic mass is 35.5. The summed E-state index contributed by atoms with van der Waals surface area (Å²) in [7, 11) is 4.51. The molecule has 0 radical (unpaired) electrons. The number of hydrogen-bond acceptors (Lipinski definition) is 6. The highest BCUT2D eigenvalue weighted by Crippen LogP contribution is 2.35. The Morgan fingerprint density at radius 2 is 1.54 bits per heavy atom. The highest BCUT2D eigenvalue weighted by Gasteiger charge is 2.18. The van der Waals surface area contributed by atoms with E-state index in [9.17, 15) is 4.79 Å². The Kier molecular flexibility index (Phi) is 8.54. The Bertz CT molecular complexity index is 722. The van der Waals surface area contributed by atoms with Gasteiger partial charge in [-0.3, -0.25) is 4.79 Å². The number of carbonyl (C=O) groups is 1. The summed E-state index contributed by atoms with van der Waals surface area (Å²) >= 11 is 0. The number of nitrogens with two attached hydrogens (primary N) is 1. The molecule has 26 heavy (non-hydrogen) atoms. The van der Waals surface area contributed by atoms with Crippen LogP contribution in [0.1, 0.15) is 10.4 Å². The van der Waals surface area contributed by atoms with Crippen molar-refractivity contribution in [1.29, 1.82) is 0 Å². The van der Waals surface area contributed by atoms with Gasteiger partial charge in [-0.2, -0.15) is 0 Å². The zero-order valence-electron chi connectivity index (χ0n) is 14.9. The van der Waals surface area contributed by atoms with Gasteiger partial charge in [0.2, 0.25) is 0 Å². The van der Waals surface area contributed by atoms with Crippen molar-refractivity contribution in [2.45, 2.75) is 0 Å². The van der Waals surface area contributed by atoms with Gasteiger partial charge < -0.3 is 30.0 Å². The molecule has 0 aliphatic heterocycles. The number of amides is 1. The van der Waals surface area contributed by atoms with E-state index in [1.165, 1.54) is 21.3 Å². The molecular formula is C18H23ClN2O5. The number of hydrogen-bond donors (Lipinski definition) is 2. The van der Waals surface area contributed by atoms with Gasteiger partial charge in [-0.25, -0.2) is 0 Å². The van der Waals surface area contributed by atoms with Gasteiger partial charge in [-0.1, -0.05) is 0 Å². The largest absolute Gasteiger partial charge is 0.496 e. The first-order chi connectivity index (χ1) is 12.1. The average Bonchev–Trinajstić information content (AvgIpc) is 2.66. The number of anilines is 1. The Hall–Kier alpha value is -2.64. The molecule has 2 rings (SSSR count). The van der Waals surface area contributed by atoms with Crippen LogP contribution in [0.25, 0.3) is 0 Å². The third-order valence-corrected chi connectivity index (χ3v) is 3.45. The fraction of sp³-hybridized carbons (Fsp3) is 0.278. The quantitative estimate of drug-likeness (QED) is 0.729. The molecule has 8 heteroatoms. The fourth-order valence-electron chi connectivity index (χ4n) is 2.22. The normalized spacial score (nSPS) is 9.69. The summed E-state index contributed by atoms with van der Waals surface area (Å²) in [4.78, 5) is 12.6. The minimum absolute atomic E-state index is 0. The predicted octanol–water partition coefficient (Wildman–Crippen LogP) is 2.72. The van der Waals surface area contributed by atoms with Crippen LogP contribution in [-0.2, 0) is 0 Å². The molecule has 0 unspecified atom stereocenters. The van der Waals surface area contributed by atoms with E-state index in [1.54, 1.807) is 36.4 Å². The number of nitrogens with one attached hydrogen (secondary N) is 1. The number of ether oxygens (including phenoxy) is 4. The number of benzene rings is 2. The zero-order valence-corrected chi connectivity index (χ0v) is 15.7. The topological polar surface area (TPSA) is 92.0 Å². The molecule has 0 fully saturated rings. The van der Waals surface area contributed by atoms with Crippen molar-refractivity contribution in [1.82, 2.24) is 0 Å². The lowest BCUT2D eigenvalue weighted by molar-refractivity contribution is 0.102. The third-order valence-electron chi connectivity index (χ3n) is 3.45. The summed E-state index contributed by atoms with van der Waals surface area (Å²) in [6.07, 6.45) is 0. The highest BCUT2D eigenvalue weighted by molar-refractivity contribution is 6.06. The summed E-state index contributed by atoms with van der Waals surface area (Å²) in [6, 6.07) is 10.2. The summed E-state index contributed by atoms with van der Waals surface area (Å²) < 4.78 is 21.1. The molecule has 0 aliphatic rings. The van der Waals surface area contributed by atoms with Gasteiger partial charge >= 0.3 is 0 Å². The van der Waals surface area contributed by atoms with E-state index < -0.39 is 0 Å². The first kappa shape index (κ1) is 21.4. The maximum atomic E-state index is 12.6. The summed E-state index contributed by atoms with van der Waals surface area (Å²) in [6.45, 7) is 0.881. The number of rotatable bonds is 8. The van der Waals surface area contributed by atoms with Crippen LogP contribution in [0.3, 0.4) is 0 Å². The van der Waals surface area contributed by atoms with E-state index in [0.717, 1.165) is 0 Å². The number of halogens is 1. The molecule has 0 saturated carbocycles. The lowest BCUT2D eigenvalue weighted by Crippen LogP contribution is -2.14. The molecule has 0 aliphatic carbocycles. The van der Waals surface area contributed by atoms with E-state index >= 15 is 0 Å². The molecule has 142 valence electrons. The SMILES string of the molecule is COc1cc(OC)c(C(=O)Nc2ccc(OCCN)cc2)cc1OC.Cl. The van der Waals surface area contributed by atoms with Crippen LogP contribution in [0, 0.1) is 0 Å². The molecule has 3 N–H and O–H groups in total. The number of carbonyl (C=O) groups excluding carboxylic acids is 1. The van der Waals surface area contributed by atoms with Gasteiger partial charge in [0.1, 0.15) is 18.1 Å². The van der Waals surface area contributed by atoms with Gasteiger partial charge in [0.05, 0.1) is 26.9 Å². The fourth-order valence-corrected chi connectivity index (χ4v) is 2.22. The maximum Gasteiger partial charge on any atom is 0.259 e. The smallest absolute Gasteiger partial charge is 0.259 e. The van der Waals surface area contributed by atoms with Crippen LogP contribution < -0.4 is 30.0 Å². The van der Waals surface area contributed by atoms with Crippen molar-refractivity contribution in [3.05, 3.63) is 42.0 Å². The first-order valence-corrected chi connectivity index (χ1v) is 7.67. The first-order valence-electron chi connectivity index (χ1n) is 7.67. The minimum Gasteiger partial charge on any atom is -0.496 e. The molecule has 0 heterocycles. The van der Waals surface area contributed by atoms with Crippen molar-refractivity contribution in [3.8, 4) is 23.0 Å². The van der Waals surface area contributed by atoms with Gasteiger partial charge in [-0.15, -0.1) is 12.4 Å². The van der Waals surface area contributed by atoms with Gasteiger partial charge in [0, 0.05) is 24.4 Å². The van der Waals surface area contributed by atoms with Crippen LogP contribution in [0.2, 0.25) is 0 Å². The van der Waals surface area contributed by atoms with Crippen molar-refractivity contribution in [2.24, 2.45) is 5.73 Å². The van der Waals surface area contributed by atoms with E-state index in [0.29, 0.717) is 47.4 Å². The van der Waals surface area contributed by atoms with E-state index in [-0.39, 0.29) is 18.3 Å². The van der Waals surface area contributed by atoms with Crippen LogP contribution in [0.5, 0.6) is 23.0 Å². The van der Waals surface area contributed by atoms with E-state index in [1.807, 2.05) is 0 Å². The van der Waals surface area contributed by atoms with Gasteiger partial charge in [-0.05, 0) is 24.3 Å². The number of methoxy groups -OCH3 is 3. The van der Waals surface area contributed by atoms with Crippen molar-refractivity contribution in [3.63, 3.8) is 0 Å². The molecule has 0 atom stereocenters. The second-order valence-electron chi connectivity index (χ2n) is 5.02. The molecule has 0 bridgehead atoms. The van der Waals surface area contributed by atoms with Crippen LogP contribution >= 0.6 is 12.4 Å². The van der Waals surface area contributed by atoms with Crippen LogP contribution in [0.15, 0.2) is 36.4 Å². The Morgan fingerprint density at radius 1 is 0.962 bits per heavy atom. The standard InChI is InChI=1S/C18H22N2O5.ClH/c1-22-15-11-17(24-3)16(23-2)10-14(15)18(21)20-12-4-6-13(7-5-12)25-9-8-19;/h4-7,10-11H,8-9,19H2,1-3H3,(H,20,21);1H. The van der Waals surface area contributed by atoms with Gasteiger partial charge in [0.15, 0.2) is 11.5 Å². The Balaban J connectivity index is 0.00000338. The summed E-state index contributed by atoms with van der Waals surface area (Å²) in [5, 5.41) is 2.81. The summed E-state index contributed by atoms with van der Waals surface area (Å²) in [5.41, 5.74) is 6.36. The van der Waals surface area contributed by atoms with Crippen LogP contribution in [-0.4, -0.2) is 40.4 Å². The average molecular weight is 383 g/mol. The van der Waals surface area contributed by atoms with Gasteiger partial charge in [0.25, 0.3) is 5.91 Å². The van der Waals surface area contributed by atoms with E-state index in [2.05, 4.69) is 5.32 Å². The molecule has 0 saturated heterocycles. The lowest BCUT2D eigenvalue weighted by Gasteiger charge is -2.14. The Morgan fingerprint density at radius 3 is 2.08 bits per heavy atom. The molecule has 0 aromatic heterocycles. The molecule has 7 nitrogen and oxygen atoms in total. The molecule has 2 aromatic rings. The second-order valence-corrected chi connectivity index (χ2v) is 5.02. The summed E-state index contributed by atoms with van der Waals surface area (Å²) in [5.74, 6) is 1.68. The molecule has 1 amide bonds. The second kappa shape index (κ2) is 10.4. The molecule has 0 spiro atoms. The van der Waals surface area contributed by atoms with E-state index in [4.69, 9.17) is 24.7 Å². The lowest BCUT2D eigenvalue weighted by atomic mass is 10.1. The molecule has 2 aromatic carbocycles. The van der Waals surface area contributed by atoms with Crippen molar-refractivity contribution >= 4 is 24.0 Å². The molecular weight excluding hydrogens is 360 g/mol. The van der Waals surface area contributed by atoms with Crippen LogP contribution in [0.4, 0.5) is 5.69 Å². The third kappa shape index (κ3) is 5.18. The van der Waals surface area contributed by atoms with Crippen molar-refractivity contribution in [2.75, 3.05) is 39.8 Å². The minimum atomic E-state index is -0.326. The monoisotopic (exact) mass is 382 g/mol. The Labute approximate surface area is 158 Å². The zero-order chi connectivity index (χ0) is 18.2. The predicted molar refractivity (Wildman–Crippen MR) is 102 cm³/mol. The maximum absolute atomic E-state index is 12.6. The van der Waals surface area contributed by atoms with Crippen molar-refractivity contribution < 1.29 is 23.7 Å².